The zero-order chi connectivity index (χ0) is 24.9. The van der Waals surface area contributed by atoms with Crippen LogP contribution in [0.25, 0.3) is 11.3 Å². The van der Waals surface area contributed by atoms with Crippen LogP contribution in [-0.4, -0.2) is 30.0 Å². The standard InChI is InChI=1S/C27H21N5O3S/c1-2-34-22-10-8-21(9-11-22)30-27-32(29-15-19-5-3-18(14-28)4-6-19)24(17-36-27)20-7-12-25-23(13-20)31-26(33)16-35-25/h3-13,15,17H,2,16H2,1H3,(H,31,33). The lowest BCUT2D eigenvalue weighted by atomic mass is 10.1. The quantitative estimate of drug-likeness (QED) is 0.383. The number of anilines is 1. The molecule has 1 amide bonds. The lowest BCUT2D eigenvalue weighted by Crippen LogP contribution is -2.25. The molecule has 0 fully saturated rings. The first-order valence-corrected chi connectivity index (χ1v) is 12.1. The van der Waals surface area contributed by atoms with Crippen molar-refractivity contribution in [3.05, 3.63) is 88.0 Å². The zero-order valence-electron chi connectivity index (χ0n) is 19.3. The molecule has 3 aromatic carbocycles. The van der Waals surface area contributed by atoms with Crippen LogP contribution in [0.3, 0.4) is 0 Å². The van der Waals surface area contributed by atoms with Crippen molar-refractivity contribution in [2.45, 2.75) is 6.92 Å². The van der Waals surface area contributed by atoms with Crippen molar-refractivity contribution in [2.24, 2.45) is 10.1 Å². The second-order valence-corrected chi connectivity index (χ2v) is 8.62. The molecule has 8 nitrogen and oxygen atoms in total. The summed E-state index contributed by atoms with van der Waals surface area (Å²) in [7, 11) is 0. The number of rotatable bonds is 6. The molecule has 4 aromatic rings. The molecule has 0 radical (unpaired) electrons. The number of nitrogens with one attached hydrogen (secondary N) is 1. The number of fused-ring (bicyclic) bond motifs is 1. The van der Waals surface area contributed by atoms with Gasteiger partial charge in [-0.25, -0.2) is 9.67 Å². The van der Waals surface area contributed by atoms with E-state index in [1.54, 1.807) is 23.0 Å². The van der Waals surface area contributed by atoms with E-state index < -0.39 is 0 Å². The Labute approximate surface area is 211 Å². The molecule has 0 saturated carbocycles. The van der Waals surface area contributed by atoms with Crippen LogP contribution in [0.5, 0.6) is 11.5 Å². The highest BCUT2D eigenvalue weighted by Gasteiger charge is 2.18. The summed E-state index contributed by atoms with van der Waals surface area (Å²) in [5.74, 6) is 1.22. The molecule has 5 rings (SSSR count). The lowest BCUT2D eigenvalue weighted by Gasteiger charge is -2.18. The third-order valence-corrected chi connectivity index (χ3v) is 6.14. The van der Waals surface area contributed by atoms with Crippen LogP contribution in [0.2, 0.25) is 0 Å². The van der Waals surface area contributed by atoms with Crippen LogP contribution in [0.15, 0.2) is 82.2 Å². The summed E-state index contributed by atoms with van der Waals surface area (Å²) in [5, 5.41) is 18.6. The minimum Gasteiger partial charge on any atom is -0.494 e. The fourth-order valence-corrected chi connectivity index (χ4v) is 4.45. The lowest BCUT2D eigenvalue weighted by molar-refractivity contribution is -0.118. The van der Waals surface area contributed by atoms with Gasteiger partial charge in [-0.2, -0.15) is 10.4 Å². The highest BCUT2D eigenvalue weighted by molar-refractivity contribution is 7.07. The van der Waals surface area contributed by atoms with Gasteiger partial charge in [0.05, 0.1) is 41.5 Å². The van der Waals surface area contributed by atoms with Crippen LogP contribution >= 0.6 is 11.3 Å². The first-order chi connectivity index (χ1) is 17.6. The molecule has 0 spiro atoms. The predicted molar refractivity (Wildman–Crippen MR) is 139 cm³/mol. The highest BCUT2D eigenvalue weighted by atomic mass is 32.1. The van der Waals surface area contributed by atoms with Gasteiger partial charge in [0.2, 0.25) is 4.80 Å². The van der Waals surface area contributed by atoms with E-state index in [1.165, 1.54) is 11.3 Å². The van der Waals surface area contributed by atoms with Gasteiger partial charge in [-0.15, -0.1) is 11.3 Å². The number of carbonyl (C=O) groups is 1. The Bertz CT molecular complexity index is 1540. The largest absolute Gasteiger partial charge is 0.494 e. The summed E-state index contributed by atoms with van der Waals surface area (Å²) >= 11 is 1.45. The molecule has 0 saturated heterocycles. The maximum atomic E-state index is 11.8. The van der Waals surface area contributed by atoms with E-state index >= 15 is 0 Å². The van der Waals surface area contributed by atoms with Crippen molar-refractivity contribution in [1.82, 2.24) is 4.68 Å². The Morgan fingerprint density at radius 3 is 2.72 bits per heavy atom. The summed E-state index contributed by atoms with van der Waals surface area (Å²) in [5.41, 5.74) is 4.46. The van der Waals surface area contributed by atoms with Gasteiger partial charge >= 0.3 is 0 Å². The second-order valence-electron chi connectivity index (χ2n) is 7.78. The van der Waals surface area contributed by atoms with Crippen LogP contribution in [-0.2, 0) is 4.79 Å². The number of amides is 1. The zero-order valence-corrected chi connectivity index (χ0v) is 20.2. The number of hydrogen-bond donors (Lipinski definition) is 1. The number of nitriles is 1. The van der Waals surface area contributed by atoms with Gasteiger partial charge < -0.3 is 14.8 Å². The fraction of sp³-hybridized carbons (Fsp3) is 0.111. The van der Waals surface area contributed by atoms with Gasteiger partial charge in [0.15, 0.2) is 6.61 Å². The van der Waals surface area contributed by atoms with E-state index in [0.717, 1.165) is 28.3 Å². The van der Waals surface area contributed by atoms with Crippen molar-refractivity contribution >= 4 is 34.8 Å². The van der Waals surface area contributed by atoms with E-state index in [4.69, 9.17) is 24.8 Å². The summed E-state index contributed by atoms with van der Waals surface area (Å²) in [6, 6.07) is 22.5. The summed E-state index contributed by atoms with van der Waals surface area (Å²) in [6.07, 6.45) is 1.72. The normalized spacial score (nSPS) is 13.1. The van der Waals surface area contributed by atoms with Gasteiger partial charge in [0, 0.05) is 10.9 Å². The van der Waals surface area contributed by atoms with Gasteiger partial charge in [0.25, 0.3) is 5.91 Å². The van der Waals surface area contributed by atoms with Crippen LogP contribution < -0.4 is 19.6 Å². The molecule has 1 aliphatic heterocycles. The van der Waals surface area contributed by atoms with E-state index in [2.05, 4.69) is 11.4 Å². The molecule has 36 heavy (non-hydrogen) atoms. The Hall–Kier alpha value is -4.68. The molecule has 0 aliphatic carbocycles. The van der Waals surface area contributed by atoms with Crippen molar-refractivity contribution in [2.75, 3.05) is 18.5 Å². The van der Waals surface area contributed by atoms with Crippen molar-refractivity contribution in [3.63, 3.8) is 0 Å². The summed E-state index contributed by atoms with van der Waals surface area (Å²) in [6.45, 7) is 2.55. The maximum absolute atomic E-state index is 11.8. The Morgan fingerprint density at radius 1 is 1.17 bits per heavy atom. The number of hydrogen-bond acceptors (Lipinski definition) is 7. The molecule has 1 aromatic heterocycles. The van der Waals surface area contributed by atoms with E-state index in [9.17, 15) is 4.79 Å². The molecular formula is C27H21N5O3S. The Kier molecular flexibility index (Phi) is 6.60. The third kappa shape index (κ3) is 5.04. The first-order valence-electron chi connectivity index (χ1n) is 11.2. The molecule has 2 heterocycles. The Morgan fingerprint density at radius 2 is 1.97 bits per heavy atom. The molecule has 0 bridgehead atoms. The van der Waals surface area contributed by atoms with Crippen LogP contribution in [0.1, 0.15) is 18.1 Å². The average molecular weight is 496 g/mol. The maximum Gasteiger partial charge on any atom is 0.262 e. The van der Waals surface area contributed by atoms with E-state index in [0.29, 0.717) is 28.4 Å². The van der Waals surface area contributed by atoms with Gasteiger partial charge in [-0.05, 0) is 67.1 Å². The predicted octanol–water partition coefficient (Wildman–Crippen LogP) is 4.93. The second kappa shape index (κ2) is 10.3. The number of benzene rings is 3. The number of nitrogens with zero attached hydrogens (tertiary/aromatic N) is 4. The molecule has 0 atom stereocenters. The molecular weight excluding hydrogens is 474 g/mol. The summed E-state index contributed by atoms with van der Waals surface area (Å²) < 4.78 is 12.8. The monoisotopic (exact) mass is 495 g/mol. The molecule has 9 heteroatoms. The number of thiazole rings is 1. The van der Waals surface area contributed by atoms with Gasteiger partial charge in [-0.1, -0.05) is 12.1 Å². The third-order valence-electron chi connectivity index (χ3n) is 5.33. The molecule has 0 unspecified atom stereocenters. The smallest absolute Gasteiger partial charge is 0.262 e. The first kappa shape index (κ1) is 23.1. The van der Waals surface area contributed by atoms with Crippen LogP contribution in [0, 0.1) is 11.3 Å². The number of carbonyl (C=O) groups excluding carboxylic acids is 1. The van der Waals surface area contributed by atoms with Crippen LogP contribution in [0.4, 0.5) is 11.4 Å². The van der Waals surface area contributed by atoms with E-state index in [1.807, 2.05) is 66.9 Å². The molecule has 1 aliphatic rings. The summed E-state index contributed by atoms with van der Waals surface area (Å²) in [4.78, 5) is 17.3. The fourth-order valence-electron chi connectivity index (χ4n) is 3.59. The minimum atomic E-state index is -0.192. The molecule has 1 N–H and O–H groups in total. The number of ether oxygens (including phenoxy) is 2. The Balaban J connectivity index is 1.57. The minimum absolute atomic E-state index is 0.00476. The highest BCUT2D eigenvalue weighted by Crippen LogP contribution is 2.33. The van der Waals surface area contributed by atoms with Gasteiger partial charge in [-0.3, -0.25) is 4.79 Å². The molecule has 178 valence electrons. The SMILES string of the molecule is CCOc1ccc(N=c2scc(-c3ccc4c(c3)NC(=O)CO4)n2N=Cc2ccc(C#N)cc2)cc1. The van der Waals surface area contributed by atoms with E-state index in [-0.39, 0.29) is 12.5 Å². The van der Waals surface area contributed by atoms with Crippen molar-refractivity contribution < 1.29 is 14.3 Å². The topological polar surface area (TPSA) is 101 Å². The number of aromatic nitrogens is 1. The van der Waals surface area contributed by atoms with Crippen molar-refractivity contribution in [3.8, 4) is 28.8 Å². The van der Waals surface area contributed by atoms with Crippen molar-refractivity contribution in [1.29, 1.82) is 5.26 Å². The van der Waals surface area contributed by atoms with Gasteiger partial charge in [0.1, 0.15) is 11.5 Å². The average Bonchev–Trinajstić information content (AvgIpc) is 3.30.